The Kier molecular flexibility index (Phi) is 7.50. The third-order valence-corrected chi connectivity index (χ3v) is 3.56. The number of rotatable bonds is 9. The molecule has 1 aromatic carbocycles. The summed E-state index contributed by atoms with van der Waals surface area (Å²) in [6, 6.07) is 8.81. The Morgan fingerprint density at radius 2 is 2.00 bits per heavy atom. The summed E-state index contributed by atoms with van der Waals surface area (Å²) in [5.74, 6) is -0.330. The maximum atomic E-state index is 10.5. The molecule has 0 aliphatic heterocycles. The van der Waals surface area contributed by atoms with E-state index in [1.807, 2.05) is 30.3 Å². The van der Waals surface area contributed by atoms with Gasteiger partial charge in [0, 0.05) is 11.5 Å². The van der Waals surface area contributed by atoms with Crippen LogP contribution in [0.15, 0.2) is 30.3 Å². The third-order valence-electron chi connectivity index (χ3n) is 2.35. The van der Waals surface area contributed by atoms with Crippen LogP contribution in [0.1, 0.15) is 5.56 Å². The molecular weight excluding hydrogens is 266 g/mol. The first-order valence-corrected chi connectivity index (χ1v) is 7.11. The van der Waals surface area contributed by atoms with Crippen molar-refractivity contribution in [1.82, 2.24) is 0 Å². The van der Waals surface area contributed by atoms with Crippen LogP contribution in [0.3, 0.4) is 0 Å². The molecule has 0 aromatic heterocycles. The number of hydrogen-bond acceptors (Lipinski definition) is 5. The van der Waals surface area contributed by atoms with E-state index in [1.54, 1.807) is 0 Å². The Morgan fingerprint density at radius 3 is 2.63 bits per heavy atom. The highest BCUT2D eigenvalue weighted by Gasteiger charge is 2.12. The number of carboxylic acids is 1. The fraction of sp³-hybridized carbons (Fsp3) is 0.462. The lowest BCUT2D eigenvalue weighted by molar-refractivity contribution is -0.137. The van der Waals surface area contributed by atoms with E-state index in [0.717, 1.165) is 5.56 Å². The number of ether oxygens (including phenoxy) is 1. The predicted octanol–water partition coefficient (Wildman–Crippen LogP) is 0.709. The Labute approximate surface area is 116 Å². The number of benzene rings is 1. The van der Waals surface area contributed by atoms with E-state index >= 15 is 0 Å². The van der Waals surface area contributed by atoms with Crippen molar-refractivity contribution in [3.63, 3.8) is 0 Å². The van der Waals surface area contributed by atoms with E-state index in [9.17, 15) is 9.90 Å². The average Bonchev–Trinajstić information content (AvgIpc) is 2.39. The number of carboxylic acid groups (broad SMARTS) is 1. The van der Waals surface area contributed by atoms with E-state index < -0.39 is 18.1 Å². The molecule has 0 heterocycles. The number of hydrogen-bond donors (Lipinski definition) is 3. The van der Waals surface area contributed by atoms with Gasteiger partial charge in [0.2, 0.25) is 0 Å². The molecule has 0 fully saturated rings. The number of carbonyl (C=O) groups is 1. The van der Waals surface area contributed by atoms with Gasteiger partial charge in [0.25, 0.3) is 0 Å². The average molecular weight is 285 g/mol. The summed E-state index contributed by atoms with van der Waals surface area (Å²) in [7, 11) is 0. The molecule has 106 valence electrons. The van der Waals surface area contributed by atoms with Crippen molar-refractivity contribution in [2.75, 3.05) is 18.1 Å². The van der Waals surface area contributed by atoms with Crippen molar-refractivity contribution in [1.29, 1.82) is 0 Å². The maximum Gasteiger partial charge on any atom is 0.321 e. The Balaban J connectivity index is 2.08. The number of nitrogens with two attached hydrogens (primary N) is 1. The molecule has 0 amide bonds. The van der Waals surface area contributed by atoms with Crippen LogP contribution < -0.4 is 5.73 Å². The van der Waals surface area contributed by atoms with Crippen molar-refractivity contribution in [2.24, 2.45) is 5.73 Å². The van der Waals surface area contributed by atoms with Gasteiger partial charge in [-0.05, 0) is 5.56 Å². The predicted molar refractivity (Wildman–Crippen MR) is 75.0 cm³/mol. The first-order valence-electron chi connectivity index (χ1n) is 5.95. The quantitative estimate of drug-likeness (QED) is 0.619. The van der Waals surface area contributed by atoms with Gasteiger partial charge >= 0.3 is 5.97 Å². The lowest BCUT2D eigenvalue weighted by atomic mass is 10.2. The molecule has 1 rings (SSSR count). The van der Waals surface area contributed by atoms with Crippen molar-refractivity contribution >= 4 is 17.7 Å². The molecule has 0 bridgehead atoms. The van der Waals surface area contributed by atoms with Crippen LogP contribution in [0.25, 0.3) is 0 Å². The molecule has 2 unspecified atom stereocenters. The summed E-state index contributed by atoms with van der Waals surface area (Å²) >= 11 is 1.31. The third kappa shape index (κ3) is 7.17. The van der Waals surface area contributed by atoms with Crippen LogP contribution >= 0.6 is 11.8 Å². The summed E-state index contributed by atoms with van der Waals surface area (Å²) in [5.41, 5.74) is 6.40. The number of aliphatic carboxylic acids is 1. The molecule has 6 heteroatoms. The Morgan fingerprint density at radius 1 is 1.32 bits per heavy atom. The zero-order valence-electron chi connectivity index (χ0n) is 10.6. The van der Waals surface area contributed by atoms with Crippen molar-refractivity contribution < 1.29 is 19.7 Å². The van der Waals surface area contributed by atoms with E-state index in [4.69, 9.17) is 15.6 Å². The van der Waals surface area contributed by atoms with Gasteiger partial charge in [-0.15, -0.1) is 0 Å². The normalized spacial score (nSPS) is 14.0. The lowest BCUT2D eigenvalue weighted by Gasteiger charge is -2.12. The minimum absolute atomic E-state index is 0.226. The van der Waals surface area contributed by atoms with Crippen LogP contribution in [0.5, 0.6) is 0 Å². The topological polar surface area (TPSA) is 92.8 Å². The summed E-state index contributed by atoms with van der Waals surface area (Å²) in [6.45, 7) is 0.682. The standard InChI is InChI=1S/C13H19NO4S/c14-12(13(16)17)9-19-8-11(15)7-18-6-10-4-2-1-3-5-10/h1-5,11-12,15H,6-9,14H2,(H,16,17). The van der Waals surface area contributed by atoms with E-state index in [1.165, 1.54) is 11.8 Å². The molecule has 5 nitrogen and oxygen atoms in total. The summed E-state index contributed by atoms with van der Waals surface area (Å²) < 4.78 is 5.38. The fourth-order valence-electron chi connectivity index (χ4n) is 1.34. The van der Waals surface area contributed by atoms with Gasteiger partial charge in [-0.3, -0.25) is 4.79 Å². The van der Waals surface area contributed by atoms with Crippen LogP contribution in [0.4, 0.5) is 0 Å². The number of aliphatic hydroxyl groups excluding tert-OH is 1. The van der Waals surface area contributed by atoms with Crippen LogP contribution in [-0.2, 0) is 16.1 Å². The van der Waals surface area contributed by atoms with Crippen molar-refractivity contribution in [3.05, 3.63) is 35.9 Å². The molecule has 0 aliphatic rings. The van der Waals surface area contributed by atoms with Gasteiger partial charge in [-0.2, -0.15) is 11.8 Å². The summed E-state index contributed by atoms with van der Waals surface area (Å²) in [6.07, 6.45) is -0.616. The molecule has 0 aliphatic carbocycles. The molecule has 1 aromatic rings. The lowest BCUT2D eigenvalue weighted by Crippen LogP contribution is -2.33. The van der Waals surface area contributed by atoms with Gasteiger partial charge in [0.05, 0.1) is 19.3 Å². The number of aliphatic hydroxyl groups is 1. The van der Waals surface area contributed by atoms with Crippen molar-refractivity contribution in [2.45, 2.75) is 18.8 Å². The zero-order chi connectivity index (χ0) is 14.1. The highest BCUT2D eigenvalue weighted by molar-refractivity contribution is 7.99. The second kappa shape index (κ2) is 8.92. The molecule has 0 radical (unpaired) electrons. The van der Waals surface area contributed by atoms with Crippen molar-refractivity contribution in [3.8, 4) is 0 Å². The highest BCUT2D eigenvalue weighted by atomic mass is 32.2. The van der Waals surface area contributed by atoms with Gasteiger partial charge in [-0.25, -0.2) is 0 Å². The summed E-state index contributed by atoms with van der Waals surface area (Å²) in [5, 5.41) is 18.2. The minimum atomic E-state index is -1.03. The molecule has 19 heavy (non-hydrogen) atoms. The largest absolute Gasteiger partial charge is 0.480 e. The Hall–Kier alpha value is -1.08. The molecule has 0 spiro atoms. The monoisotopic (exact) mass is 285 g/mol. The minimum Gasteiger partial charge on any atom is -0.480 e. The number of thioether (sulfide) groups is 1. The molecular formula is C13H19NO4S. The Bertz CT molecular complexity index is 374. The maximum absolute atomic E-state index is 10.5. The highest BCUT2D eigenvalue weighted by Crippen LogP contribution is 2.06. The van der Waals surface area contributed by atoms with E-state index in [2.05, 4.69) is 0 Å². The molecule has 4 N–H and O–H groups in total. The summed E-state index contributed by atoms with van der Waals surface area (Å²) in [4.78, 5) is 10.5. The van der Waals surface area contributed by atoms with Gasteiger partial charge < -0.3 is 20.7 Å². The first-order chi connectivity index (χ1) is 9.09. The SMILES string of the molecule is NC(CSCC(O)COCc1ccccc1)C(=O)O. The van der Waals surface area contributed by atoms with Gasteiger partial charge in [0.15, 0.2) is 0 Å². The molecule has 0 saturated heterocycles. The smallest absolute Gasteiger partial charge is 0.321 e. The fourth-order valence-corrected chi connectivity index (χ4v) is 2.24. The molecule has 2 atom stereocenters. The van der Waals surface area contributed by atoms with Gasteiger partial charge in [-0.1, -0.05) is 30.3 Å². The second-order valence-corrected chi connectivity index (χ2v) is 5.21. The van der Waals surface area contributed by atoms with E-state index in [0.29, 0.717) is 12.4 Å². The van der Waals surface area contributed by atoms with Crippen LogP contribution in [0, 0.1) is 0 Å². The van der Waals surface area contributed by atoms with Gasteiger partial charge in [0.1, 0.15) is 6.04 Å². The molecule has 0 saturated carbocycles. The van der Waals surface area contributed by atoms with E-state index in [-0.39, 0.29) is 12.4 Å². The van der Waals surface area contributed by atoms with Crippen LogP contribution in [-0.4, -0.2) is 46.4 Å². The second-order valence-electron chi connectivity index (χ2n) is 4.14. The first kappa shape index (κ1) is 16.0. The zero-order valence-corrected chi connectivity index (χ0v) is 11.4. The van der Waals surface area contributed by atoms with Crippen LogP contribution in [0.2, 0.25) is 0 Å².